The van der Waals surface area contributed by atoms with E-state index < -0.39 is 26.5 Å². The number of sulfone groups is 1. The maximum absolute atomic E-state index is 12.4. The number of hydrogen-bond donors (Lipinski definition) is 2. The fourth-order valence-electron chi connectivity index (χ4n) is 1.50. The van der Waals surface area contributed by atoms with Crippen LogP contribution >= 0.6 is 11.6 Å². The molecule has 0 spiro atoms. The molecule has 7 heteroatoms. The molecule has 0 aliphatic rings. The summed E-state index contributed by atoms with van der Waals surface area (Å²) < 4.78 is 24.7. The van der Waals surface area contributed by atoms with Crippen LogP contribution in [0, 0.1) is 0 Å². The zero-order chi connectivity index (χ0) is 15.7. The van der Waals surface area contributed by atoms with Gasteiger partial charge in [-0.05, 0) is 45.9 Å². The first-order chi connectivity index (χ1) is 8.95. The number of nitrogens with one attached hydrogen (secondary N) is 1. The van der Waals surface area contributed by atoms with Crippen molar-refractivity contribution in [3.05, 3.63) is 23.2 Å². The van der Waals surface area contributed by atoms with E-state index in [1.54, 1.807) is 20.8 Å². The molecule has 0 bridgehead atoms. The Bertz CT molecular complexity index is 621. The van der Waals surface area contributed by atoms with Crippen molar-refractivity contribution in [2.75, 3.05) is 5.73 Å². The molecule has 1 unspecified atom stereocenters. The molecule has 3 N–H and O–H groups in total. The number of nitrogen functional groups attached to an aromatic ring is 1. The Labute approximate surface area is 124 Å². The predicted molar refractivity (Wildman–Crippen MR) is 80.4 cm³/mol. The van der Waals surface area contributed by atoms with Gasteiger partial charge >= 0.3 is 0 Å². The van der Waals surface area contributed by atoms with Crippen molar-refractivity contribution in [2.45, 2.75) is 43.4 Å². The van der Waals surface area contributed by atoms with Crippen molar-refractivity contribution in [1.29, 1.82) is 0 Å². The summed E-state index contributed by atoms with van der Waals surface area (Å²) in [6.07, 6.45) is 0. The van der Waals surface area contributed by atoms with Crippen molar-refractivity contribution < 1.29 is 13.2 Å². The molecule has 1 amide bonds. The first-order valence-electron chi connectivity index (χ1n) is 6.06. The lowest BCUT2D eigenvalue weighted by molar-refractivity contribution is -0.121. The van der Waals surface area contributed by atoms with Crippen LogP contribution in [0.15, 0.2) is 23.1 Å². The molecule has 0 fully saturated rings. The van der Waals surface area contributed by atoms with Gasteiger partial charge in [-0.15, -0.1) is 0 Å². The van der Waals surface area contributed by atoms with E-state index in [0.717, 1.165) is 0 Å². The van der Waals surface area contributed by atoms with E-state index >= 15 is 0 Å². The highest BCUT2D eigenvalue weighted by molar-refractivity contribution is 7.92. The van der Waals surface area contributed by atoms with Gasteiger partial charge in [0.05, 0.1) is 15.6 Å². The second-order valence-electron chi connectivity index (χ2n) is 5.61. The first-order valence-corrected chi connectivity index (χ1v) is 7.98. The van der Waals surface area contributed by atoms with Gasteiger partial charge in [0.25, 0.3) is 0 Å². The smallest absolute Gasteiger partial charge is 0.238 e. The maximum atomic E-state index is 12.4. The van der Waals surface area contributed by atoms with E-state index in [2.05, 4.69) is 5.32 Å². The number of nitrogens with two attached hydrogens (primary N) is 1. The highest BCUT2D eigenvalue weighted by Gasteiger charge is 2.31. The zero-order valence-electron chi connectivity index (χ0n) is 11.9. The van der Waals surface area contributed by atoms with Gasteiger partial charge in [0.2, 0.25) is 5.91 Å². The molecule has 112 valence electrons. The molecule has 0 radical (unpaired) electrons. The summed E-state index contributed by atoms with van der Waals surface area (Å²) in [6.45, 7) is 6.69. The minimum Gasteiger partial charge on any atom is -0.398 e. The highest BCUT2D eigenvalue weighted by Crippen LogP contribution is 2.25. The Morgan fingerprint density at radius 2 is 1.90 bits per heavy atom. The Kier molecular flexibility index (Phi) is 4.71. The first kappa shape index (κ1) is 16.8. The number of anilines is 1. The number of carbonyl (C=O) groups excluding carboxylic acids is 1. The minimum absolute atomic E-state index is 0.0201. The average Bonchev–Trinajstić information content (AvgIpc) is 2.29. The van der Waals surface area contributed by atoms with Crippen LogP contribution in [0.5, 0.6) is 0 Å². The summed E-state index contributed by atoms with van der Waals surface area (Å²) in [7, 11) is -3.80. The third kappa shape index (κ3) is 3.86. The molecular formula is C13H19ClN2O3S. The van der Waals surface area contributed by atoms with Crippen LogP contribution in [0.4, 0.5) is 5.69 Å². The maximum Gasteiger partial charge on any atom is 0.238 e. The Hall–Kier alpha value is -1.27. The average molecular weight is 319 g/mol. The number of amides is 1. The summed E-state index contributed by atoms with van der Waals surface area (Å²) in [4.78, 5) is 12.0. The summed E-state index contributed by atoms with van der Waals surface area (Å²) >= 11 is 5.82. The predicted octanol–water partition coefficient (Wildman–Crippen LogP) is 2.00. The van der Waals surface area contributed by atoms with Crippen molar-refractivity contribution in [3.8, 4) is 0 Å². The minimum atomic E-state index is -3.80. The molecule has 0 saturated heterocycles. The van der Waals surface area contributed by atoms with Crippen LogP contribution in [0.3, 0.4) is 0 Å². The molecule has 5 nitrogen and oxygen atoms in total. The summed E-state index contributed by atoms with van der Waals surface area (Å²) in [5.41, 5.74) is 5.33. The van der Waals surface area contributed by atoms with E-state index in [1.807, 2.05) is 0 Å². The number of rotatable bonds is 3. The second-order valence-corrected chi connectivity index (χ2v) is 8.29. The van der Waals surface area contributed by atoms with Gasteiger partial charge in [-0.2, -0.15) is 0 Å². The lowest BCUT2D eigenvalue weighted by atomic mass is 10.1. The van der Waals surface area contributed by atoms with E-state index in [4.69, 9.17) is 17.3 Å². The fourth-order valence-corrected chi connectivity index (χ4v) is 3.04. The number of benzene rings is 1. The molecule has 20 heavy (non-hydrogen) atoms. The molecule has 1 aromatic carbocycles. The van der Waals surface area contributed by atoms with Gasteiger partial charge in [0.1, 0.15) is 5.25 Å². The Morgan fingerprint density at radius 3 is 2.35 bits per heavy atom. The Morgan fingerprint density at radius 1 is 1.35 bits per heavy atom. The van der Waals surface area contributed by atoms with Crippen molar-refractivity contribution >= 4 is 33.0 Å². The van der Waals surface area contributed by atoms with Crippen LogP contribution in [-0.2, 0) is 14.6 Å². The molecule has 1 rings (SSSR count). The van der Waals surface area contributed by atoms with Crippen LogP contribution in [0.25, 0.3) is 0 Å². The van der Waals surface area contributed by atoms with Crippen LogP contribution in [0.2, 0.25) is 5.02 Å². The van der Waals surface area contributed by atoms with Gasteiger partial charge in [0, 0.05) is 5.54 Å². The van der Waals surface area contributed by atoms with Crippen LogP contribution < -0.4 is 11.1 Å². The van der Waals surface area contributed by atoms with Crippen LogP contribution in [0.1, 0.15) is 27.7 Å². The third-order valence-corrected chi connectivity index (χ3v) is 5.02. The lowest BCUT2D eigenvalue weighted by Crippen LogP contribution is -2.47. The highest BCUT2D eigenvalue weighted by atomic mass is 35.5. The second kappa shape index (κ2) is 5.61. The van der Waals surface area contributed by atoms with Crippen molar-refractivity contribution in [2.24, 2.45) is 0 Å². The summed E-state index contributed by atoms with van der Waals surface area (Å²) in [6, 6.07) is 4.01. The van der Waals surface area contributed by atoms with Gasteiger partial charge in [-0.1, -0.05) is 11.6 Å². The van der Waals surface area contributed by atoms with E-state index in [9.17, 15) is 13.2 Å². The van der Waals surface area contributed by atoms with Gasteiger partial charge in [0.15, 0.2) is 9.84 Å². The van der Waals surface area contributed by atoms with E-state index in [-0.39, 0.29) is 15.6 Å². The summed E-state index contributed by atoms with van der Waals surface area (Å²) in [5, 5.41) is 1.59. The zero-order valence-corrected chi connectivity index (χ0v) is 13.5. The SMILES string of the molecule is CC(C(=O)NC(C)(C)C)S(=O)(=O)c1ccc(N)c(Cl)c1. The quantitative estimate of drug-likeness (QED) is 0.834. The van der Waals surface area contributed by atoms with Crippen molar-refractivity contribution in [3.63, 3.8) is 0 Å². The molecule has 0 aliphatic carbocycles. The molecule has 0 aromatic heterocycles. The topological polar surface area (TPSA) is 89.3 Å². The van der Waals surface area contributed by atoms with Crippen molar-refractivity contribution in [1.82, 2.24) is 5.32 Å². The number of halogens is 1. The number of hydrogen-bond acceptors (Lipinski definition) is 4. The van der Waals surface area contributed by atoms with Crippen LogP contribution in [-0.4, -0.2) is 25.1 Å². The largest absolute Gasteiger partial charge is 0.398 e. The summed E-state index contributed by atoms with van der Waals surface area (Å²) in [5.74, 6) is -0.551. The molecule has 0 aliphatic heterocycles. The van der Waals surface area contributed by atoms with E-state index in [1.165, 1.54) is 25.1 Å². The third-order valence-electron chi connectivity index (χ3n) is 2.63. The molecule has 1 atom stereocenters. The van der Waals surface area contributed by atoms with Gasteiger partial charge < -0.3 is 11.1 Å². The monoisotopic (exact) mass is 318 g/mol. The fraction of sp³-hybridized carbons (Fsp3) is 0.462. The number of carbonyl (C=O) groups is 1. The standard InChI is InChI=1S/C13H19ClN2O3S/c1-8(12(17)16-13(2,3)4)20(18,19)9-5-6-11(15)10(14)7-9/h5-8H,15H2,1-4H3,(H,16,17). The van der Waals surface area contributed by atoms with E-state index in [0.29, 0.717) is 0 Å². The van der Waals surface area contributed by atoms with Gasteiger partial charge in [-0.25, -0.2) is 8.42 Å². The lowest BCUT2D eigenvalue weighted by Gasteiger charge is -2.23. The Balaban J connectivity index is 3.09. The molecule has 0 saturated carbocycles. The normalized spacial score (nSPS) is 13.8. The molecule has 0 heterocycles. The molecular weight excluding hydrogens is 300 g/mol. The van der Waals surface area contributed by atoms with Gasteiger partial charge in [-0.3, -0.25) is 4.79 Å². The molecule has 1 aromatic rings.